The third-order valence-electron chi connectivity index (χ3n) is 5.10. The Labute approximate surface area is 149 Å². The van der Waals surface area contributed by atoms with E-state index in [0.29, 0.717) is 5.92 Å². The monoisotopic (exact) mass is 332 g/mol. The molecule has 2 aromatic carbocycles. The molecule has 0 amide bonds. The summed E-state index contributed by atoms with van der Waals surface area (Å²) in [5.74, 6) is 0.337. The van der Waals surface area contributed by atoms with E-state index in [2.05, 4.69) is 65.9 Å². The predicted octanol–water partition coefficient (Wildman–Crippen LogP) is 5.17. The number of nitrogens with zero attached hydrogens (tertiary/aromatic N) is 1. The standard InChI is InChI=1S/C22H24N2O/c1-2-13-23-21-15-25-24-22(21)20-12-11-18-17(9-6-10-19(18)20)14-16-7-4-3-5-8-16/h3-10,15,20,23H,2,11-14H2,1H3. The molecule has 1 aliphatic carbocycles. The average Bonchev–Trinajstić information content (AvgIpc) is 3.27. The van der Waals surface area contributed by atoms with Crippen molar-refractivity contribution in [3.8, 4) is 0 Å². The lowest BCUT2D eigenvalue weighted by Gasteiger charge is -2.13. The predicted molar refractivity (Wildman–Crippen MR) is 101 cm³/mol. The Bertz CT molecular complexity index is 838. The van der Waals surface area contributed by atoms with Crippen molar-refractivity contribution >= 4 is 5.69 Å². The van der Waals surface area contributed by atoms with Gasteiger partial charge in [-0.2, -0.15) is 0 Å². The highest BCUT2D eigenvalue weighted by atomic mass is 16.5. The summed E-state index contributed by atoms with van der Waals surface area (Å²) in [6.45, 7) is 3.11. The second kappa shape index (κ2) is 7.14. The van der Waals surface area contributed by atoms with Crippen molar-refractivity contribution in [3.05, 3.63) is 82.7 Å². The molecule has 0 fully saturated rings. The summed E-state index contributed by atoms with van der Waals surface area (Å²) >= 11 is 0. The Balaban J connectivity index is 1.63. The smallest absolute Gasteiger partial charge is 0.147 e. The van der Waals surface area contributed by atoms with Gasteiger partial charge in [0.05, 0.1) is 5.69 Å². The van der Waals surface area contributed by atoms with Gasteiger partial charge in [-0.15, -0.1) is 0 Å². The molecule has 128 valence electrons. The van der Waals surface area contributed by atoms with Crippen molar-refractivity contribution in [2.75, 3.05) is 11.9 Å². The van der Waals surface area contributed by atoms with E-state index in [1.807, 2.05) is 0 Å². The van der Waals surface area contributed by atoms with Gasteiger partial charge in [-0.1, -0.05) is 60.6 Å². The molecule has 3 heteroatoms. The van der Waals surface area contributed by atoms with E-state index in [-0.39, 0.29) is 0 Å². The van der Waals surface area contributed by atoms with Gasteiger partial charge in [0, 0.05) is 12.5 Å². The molecule has 0 saturated heterocycles. The van der Waals surface area contributed by atoms with Gasteiger partial charge in [-0.25, -0.2) is 0 Å². The molecule has 1 heterocycles. The van der Waals surface area contributed by atoms with Crippen LogP contribution < -0.4 is 5.32 Å². The van der Waals surface area contributed by atoms with E-state index in [1.165, 1.54) is 22.3 Å². The molecule has 1 unspecified atom stereocenters. The highest BCUT2D eigenvalue weighted by Gasteiger charge is 2.29. The minimum Gasteiger partial charge on any atom is -0.381 e. The first-order chi connectivity index (χ1) is 12.4. The van der Waals surface area contributed by atoms with Crippen LogP contribution in [-0.4, -0.2) is 11.7 Å². The summed E-state index contributed by atoms with van der Waals surface area (Å²) in [7, 11) is 0. The second-order valence-corrected chi connectivity index (χ2v) is 6.78. The Morgan fingerprint density at radius 2 is 2.00 bits per heavy atom. The topological polar surface area (TPSA) is 38.1 Å². The number of aromatic nitrogens is 1. The van der Waals surface area contributed by atoms with Gasteiger partial charge in [-0.3, -0.25) is 0 Å². The molecular formula is C22H24N2O. The maximum Gasteiger partial charge on any atom is 0.147 e. The Hall–Kier alpha value is -2.55. The zero-order chi connectivity index (χ0) is 17.1. The highest BCUT2D eigenvalue weighted by Crippen LogP contribution is 2.41. The molecule has 3 nitrogen and oxygen atoms in total. The summed E-state index contributed by atoms with van der Waals surface area (Å²) in [5.41, 5.74) is 7.84. The van der Waals surface area contributed by atoms with Gasteiger partial charge in [0.1, 0.15) is 12.0 Å². The van der Waals surface area contributed by atoms with Gasteiger partial charge >= 0.3 is 0 Å². The van der Waals surface area contributed by atoms with Crippen LogP contribution in [0.25, 0.3) is 0 Å². The summed E-state index contributed by atoms with van der Waals surface area (Å²) < 4.78 is 5.28. The van der Waals surface area contributed by atoms with Crippen LogP contribution in [0.1, 0.15) is 53.6 Å². The van der Waals surface area contributed by atoms with Gasteiger partial charge < -0.3 is 9.84 Å². The second-order valence-electron chi connectivity index (χ2n) is 6.78. The van der Waals surface area contributed by atoms with Crippen molar-refractivity contribution < 1.29 is 4.52 Å². The number of hydrogen-bond acceptors (Lipinski definition) is 3. The maximum atomic E-state index is 5.28. The van der Waals surface area contributed by atoms with Gasteiger partial charge in [-0.05, 0) is 47.9 Å². The van der Waals surface area contributed by atoms with E-state index in [0.717, 1.165) is 43.6 Å². The first-order valence-corrected chi connectivity index (χ1v) is 9.19. The van der Waals surface area contributed by atoms with Crippen LogP contribution >= 0.6 is 0 Å². The molecule has 1 aromatic heterocycles. The third kappa shape index (κ3) is 3.19. The fraction of sp³-hybridized carbons (Fsp3) is 0.318. The van der Waals surface area contributed by atoms with Crippen LogP contribution in [0.3, 0.4) is 0 Å². The Morgan fingerprint density at radius 1 is 1.12 bits per heavy atom. The van der Waals surface area contributed by atoms with Gasteiger partial charge in [0.2, 0.25) is 0 Å². The number of rotatable bonds is 6. The number of benzene rings is 2. The minimum absolute atomic E-state index is 0.337. The summed E-state index contributed by atoms with van der Waals surface area (Å²) in [4.78, 5) is 0. The molecule has 25 heavy (non-hydrogen) atoms. The van der Waals surface area contributed by atoms with Crippen LogP contribution in [0.2, 0.25) is 0 Å². The molecule has 1 atom stereocenters. The Morgan fingerprint density at radius 3 is 2.84 bits per heavy atom. The quantitative estimate of drug-likeness (QED) is 0.677. The largest absolute Gasteiger partial charge is 0.381 e. The van der Waals surface area contributed by atoms with Crippen LogP contribution in [-0.2, 0) is 12.8 Å². The lowest BCUT2D eigenvalue weighted by molar-refractivity contribution is 0.408. The fourth-order valence-electron chi connectivity index (χ4n) is 3.88. The first-order valence-electron chi connectivity index (χ1n) is 9.19. The Kier molecular flexibility index (Phi) is 4.55. The third-order valence-corrected chi connectivity index (χ3v) is 5.10. The van der Waals surface area contributed by atoms with Crippen molar-refractivity contribution in [2.45, 2.75) is 38.5 Å². The van der Waals surface area contributed by atoms with E-state index in [1.54, 1.807) is 6.26 Å². The summed E-state index contributed by atoms with van der Waals surface area (Å²) in [6.07, 6.45) is 6.05. The fourth-order valence-corrected chi connectivity index (χ4v) is 3.88. The van der Waals surface area contributed by atoms with Crippen molar-refractivity contribution in [3.63, 3.8) is 0 Å². The molecule has 1 N–H and O–H groups in total. The summed E-state index contributed by atoms with van der Waals surface area (Å²) in [6, 6.07) is 17.4. The minimum atomic E-state index is 0.337. The van der Waals surface area contributed by atoms with Crippen LogP contribution in [0.4, 0.5) is 5.69 Å². The van der Waals surface area contributed by atoms with Crippen LogP contribution in [0.15, 0.2) is 59.3 Å². The molecule has 0 spiro atoms. The molecule has 3 aromatic rings. The van der Waals surface area contributed by atoms with Gasteiger partial charge in [0.25, 0.3) is 0 Å². The van der Waals surface area contributed by atoms with Crippen LogP contribution in [0.5, 0.6) is 0 Å². The number of anilines is 1. The van der Waals surface area contributed by atoms with Crippen LogP contribution in [0, 0.1) is 0 Å². The number of hydrogen-bond donors (Lipinski definition) is 1. The van der Waals surface area contributed by atoms with Crippen molar-refractivity contribution in [1.82, 2.24) is 5.16 Å². The number of fused-ring (bicyclic) bond motifs is 1. The lowest BCUT2D eigenvalue weighted by Crippen LogP contribution is -2.05. The average molecular weight is 332 g/mol. The maximum absolute atomic E-state index is 5.28. The zero-order valence-electron chi connectivity index (χ0n) is 14.7. The summed E-state index contributed by atoms with van der Waals surface area (Å²) in [5, 5.41) is 7.77. The first kappa shape index (κ1) is 15.9. The number of nitrogens with one attached hydrogen (secondary N) is 1. The molecule has 0 bridgehead atoms. The molecule has 0 aliphatic heterocycles. The van der Waals surface area contributed by atoms with E-state index in [9.17, 15) is 0 Å². The molecular weight excluding hydrogens is 308 g/mol. The highest BCUT2D eigenvalue weighted by molar-refractivity contribution is 5.54. The molecule has 0 radical (unpaired) electrons. The lowest BCUT2D eigenvalue weighted by atomic mass is 9.93. The molecule has 4 rings (SSSR count). The SMILES string of the molecule is CCCNc1conc1C1CCc2c(Cc3ccccc3)cccc21. The zero-order valence-corrected chi connectivity index (χ0v) is 14.7. The van der Waals surface area contributed by atoms with Crippen molar-refractivity contribution in [1.29, 1.82) is 0 Å². The van der Waals surface area contributed by atoms with E-state index >= 15 is 0 Å². The normalized spacial score (nSPS) is 16.0. The van der Waals surface area contributed by atoms with E-state index in [4.69, 9.17) is 4.52 Å². The van der Waals surface area contributed by atoms with E-state index < -0.39 is 0 Å². The molecule has 1 aliphatic rings. The van der Waals surface area contributed by atoms with Gasteiger partial charge in [0.15, 0.2) is 0 Å². The molecule has 0 saturated carbocycles. The van der Waals surface area contributed by atoms with Crippen molar-refractivity contribution in [2.24, 2.45) is 0 Å².